The summed E-state index contributed by atoms with van der Waals surface area (Å²) in [6.45, 7) is 0.793. The van der Waals surface area contributed by atoms with Gasteiger partial charge in [0.15, 0.2) is 0 Å². The molecule has 2 aliphatic heterocycles. The zero-order valence-corrected chi connectivity index (χ0v) is 11.9. The number of hydrogen-bond acceptors (Lipinski definition) is 3. The quantitative estimate of drug-likeness (QED) is 0.903. The standard InChI is InChI=1S/C18H19NO2/c1-2-7-13(8-3-1)19-17-14-9-4-5-11-16(14)21-18-15(17)10-6-12-20-18/h1-5,7-9,11,15,17-19H,6,10,12H2/t15-,17-,18+/m1/s1. The van der Waals surface area contributed by atoms with Crippen LogP contribution in [0.2, 0.25) is 0 Å². The van der Waals surface area contributed by atoms with Crippen molar-refractivity contribution < 1.29 is 9.47 Å². The molecular formula is C18H19NO2. The van der Waals surface area contributed by atoms with Crippen molar-refractivity contribution in [1.82, 2.24) is 0 Å². The molecule has 0 amide bonds. The Balaban J connectivity index is 1.71. The van der Waals surface area contributed by atoms with Gasteiger partial charge in [-0.1, -0.05) is 36.4 Å². The summed E-state index contributed by atoms with van der Waals surface area (Å²) >= 11 is 0. The van der Waals surface area contributed by atoms with Crippen LogP contribution in [-0.4, -0.2) is 12.9 Å². The van der Waals surface area contributed by atoms with Gasteiger partial charge in [-0.25, -0.2) is 0 Å². The molecule has 3 atom stereocenters. The second-order valence-corrected chi connectivity index (χ2v) is 5.69. The van der Waals surface area contributed by atoms with Crippen molar-refractivity contribution in [2.24, 2.45) is 5.92 Å². The lowest BCUT2D eigenvalue weighted by Crippen LogP contribution is -2.43. The number of rotatable bonds is 2. The highest BCUT2D eigenvalue weighted by atomic mass is 16.7. The van der Waals surface area contributed by atoms with Gasteiger partial charge in [0.25, 0.3) is 0 Å². The molecule has 3 heteroatoms. The Bertz CT molecular complexity index is 614. The first-order chi connectivity index (χ1) is 10.4. The van der Waals surface area contributed by atoms with Gasteiger partial charge in [-0.05, 0) is 31.0 Å². The van der Waals surface area contributed by atoms with E-state index in [0.717, 1.165) is 30.9 Å². The largest absolute Gasteiger partial charge is 0.464 e. The Kier molecular flexibility index (Phi) is 3.28. The number of ether oxygens (including phenoxy) is 2. The lowest BCUT2D eigenvalue weighted by molar-refractivity contribution is -0.154. The van der Waals surface area contributed by atoms with Crippen LogP contribution in [0.3, 0.4) is 0 Å². The summed E-state index contributed by atoms with van der Waals surface area (Å²) in [5, 5.41) is 3.68. The summed E-state index contributed by atoms with van der Waals surface area (Å²) in [6.07, 6.45) is 2.10. The molecule has 0 radical (unpaired) electrons. The van der Waals surface area contributed by atoms with E-state index in [-0.39, 0.29) is 12.3 Å². The van der Waals surface area contributed by atoms with Crippen molar-refractivity contribution in [3.05, 3.63) is 60.2 Å². The van der Waals surface area contributed by atoms with E-state index >= 15 is 0 Å². The lowest BCUT2D eigenvalue weighted by atomic mass is 9.85. The number of nitrogens with one attached hydrogen (secondary N) is 1. The molecule has 1 fully saturated rings. The van der Waals surface area contributed by atoms with Gasteiger partial charge in [0.2, 0.25) is 6.29 Å². The third-order valence-electron chi connectivity index (χ3n) is 4.33. The van der Waals surface area contributed by atoms with Gasteiger partial charge >= 0.3 is 0 Å². The van der Waals surface area contributed by atoms with Gasteiger partial charge < -0.3 is 14.8 Å². The van der Waals surface area contributed by atoms with Gasteiger partial charge in [0, 0.05) is 17.2 Å². The highest BCUT2D eigenvalue weighted by molar-refractivity contribution is 5.49. The number of benzene rings is 2. The first kappa shape index (κ1) is 12.7. The second kappa shape index (κ2) is 5.41. The first-order valence-electron chi connectivity index (χ1n) is 7.60. The van der Waals surface area contributed by atoms with E-state index < -0.39 is 0 Å². The van der Waals surface area contributed by atoms with Gasteiger partial charge in [-0.15, -0.1) is 0 Å². The predicted molar refractivity (Wildman–Crippen MR) is 82.3 cm³/mol. The Morgan fingerprint density at radius 3 is 2.67 bits per heavy atom. The van der Waals surface area contributed by atoms with E-state index in [1.165, 1.54) is 5.56 Å². The molecule has 1 saturated heterocycles. The predicted octanol–water partition coefficient (Wildman–Crippen LogP) is 3.98. The average molecular weight is 281 g/mol. The molecule has 2 aromatic rings. The van der Waals surface area contributed by atoms with E-state index in [1.807, 2.05) is 18.2 Å². The topological polar surface area (TPSA) is 30.5 Å². The zero-order valence-electron chi connectivity index (χ0n) is 11.9. The molecule has 0 unspecified atom stereocenters. The summed E-state index contributed by atoms with van der Waals surface area (Å²) in [5.74, 6) is 1.29. The van der Waals surface area contributed by atoms with Crippen LogP contribution in [0.25, 0.3) is 0 Å². The zero-order chi connectivity index (χ0) is 14.1. The molecule has 3 nitrogen and oxygen atoms in total. The van der Waals surface area contributed by atoms with Crippen molar-refractivity contribution in [1.29, 1.82) is 0 Å². The van der Waals surface area contributed by atoms with Crippen LogP contribution in [0.4, 0.5) is 5.69 Å². The molecule has 2 aliphatic rings. The number of anilines is 1. The minimum atomic E-state index is -0.130. The van der Waals surface area contributed by atoms with E-state index in [1.54, 1.807) is 0 Å². The monoisotopic (exact) mass is 281 g/mol. The fourth-order valence-corrected chi connectivity index (χ4v) is 3.32. The molecule has 0 spiro atoms. The molecule has 0 aromatic heterocycles. The van der Waals surface area contributed by atoms with E-state index in [0.29, 0.717) is 5.92 Å². The highest BCUT2D eigenvalue weighted by Gasteiger charge is 2.40. The van der Waals surface area contributed by atoms with Gasteiger partial charge in [-0.3, -0.25) is 0 Å². The van der Waals surface area contributed by atoms with E-state index in [4.69, 9.17) is 9.47 Å². The third-order valence-corrected chi connectivity index (χ3v) is 4.33. The van der Waals surface area contributed by atoms with E-state index in [2.05, 4.69) is 41.7 Å². The van der Waals surface area contributed by atoms with Crippen LogP contribution in [0.15, 0.2) is 54.6 Å². The van der Waals surface area contributed by atoms with Crippen molar-refractivity contribution >= 4 is 5.69 Å². The van der Waals surface area contributed by atoms with Crippen molar-refractivity contribution in [3.63, 3.8) is 0 Å². The summed E-state index contributed by atoms with van der Waals surface area (Å²) in [5.41, 5.74) is 2.37. The molecule has 0 bridgehead atoms. The highest BCUT2D eigenvalue weighted by Crippen LogP contribution is 2.44. The fraction of sp³-hybridized carbons (Fsp3) is 0.333. The summed E-state index contributed by atoms with van der Waals surface area (Å²) in [4.78, 5) is 0. The lowest BCUT2D eigenvalue weighted by Gasteiger charge is -2.42. The third kappa shape index (κ3) is 2.38. The molecular weight excluding hydrogens is 262 g/mol. The molecule has 21 heavy (non-hydrogen) atoms. The minimum Gasteiger partial charge on any atom is -0.464 e. The van der Waals surface area contributed by atoms with Crippen LogP contribution in [0.5, 0.6) is 5.75 Å². The first-order valence-corrected chi connectivity index (χ1v) is 7.60. The summed E-state index contributed by atoms with van der Waals surface area (Å²) < 4.78 is 11.9. The number of fused-ring (bicyclic) bond motifs is 2. The Morgan fingerprint density at radius 2 is 1.76 bits per heavy atom. The van der Waals surface area contributed by atoms with Crippen LogP contribution in [-0.2, 0) is 4.74 Å². The maximum atomic E-state index is 6.04. The molecule has 2 heterocycles. The van der Waals surface area contributed by atoms with Crippen LogP contribution in [0, 0.1) is 5.92 Å². The minimum absolute atomic E-state index is 0.130. The van der Waals surface area contributed by atoms with Crippen molar-refractivity contribution in [3.8, 4) is 5.75 Å². The van der Waals surface area contributed by atoms with Crippen molar-refractivity contribution in [2.75, 3.05) is 11.9 Å². The number of para-hydroxylation sites is 2. The molecule has 2 aromatic carbocycles. The van der Waals surface area contributed by atoms with Crippen LogP contribution in [0.1, 0.15) is 24.4 Å². The molecule has 4 rings (SSSR count). The molecule has 108 valence electrons. The molecule has 1 N–H and O–H groups in total. The van der Waals surface area contributed by atoms with Gasteiger partial charge in [-0.2, -0.15) is 0 Å². The summed E-state index contributed by atoms with van der Waals surface area (Å²) in [6, 6.07) is 18.9. The Labute approximate surface area is 124 Å². The Hall–Kier alpha value is -2.00. The van der Waals surface area contributed by atoms with E-state index in [9.17, 15) is 0 Å². The average Bonchev–Trinajstić information content (AvgIpc) is 2.55. The Morgan fingerprint density at radius 1 is 0.952 bits per heavy atom. The number of hydrogen-bond donors (Lipinski definition) is 1. The smallest absolute Gasteiger partial charge is 0.204 e. The fourth-order valence-electron chi connectivity index (χ4n) is 3.32. The normalized spacial score (nSPS) is 27.1. The SMILES string of the molecule is c1ccc(N[C@@H]2c3ccccc3O[C@@H]3OCCC[C@@H]32)cc1. The summed E-state index contributed by atoms with van der Waals surface area (Å²) in [7, 11) is 0. The van der Waals surface area contributed by atoms with Crippen LogP contribution < -0.4 is 10.1 Å². The molecule has 0 saturated carbocycles. The maximum Gasteiger partial charge on any atom is 0.204 e. The van der Waals surface area contributed by atoms with Gasteiger partial charge in [0.05, 0.1) is 12.6 Å². The van der Waals surface area contributed by atoms with Crippen molar-refractivity contribution in [2.45, 2.75) is 25.2 Å². The maximum absolute atomic E-state index is 6.04. The second-order valence-electron chi connectivity index (χ2n) is 5.69. The molecule has 0 aliphatic carbocycles. The van der Waals surface area contributed by atoms with Gasteiger partial charge in [0.1, 0.15) is 5.75 Å². The van der Waals surface area contributed by atoms with Crippen LogP contribution >= 0.6 is 0 Å².